The minimum absolute atomic E-state index is 0.169. The molecule has 0 amide bonds. The van der Waals surface area contributed by atoms with E-state index in [4.69, 9.17) is 0 Å². The number of halogens is 4. The Labute approximate surface area is 129 Å². The summed E-state index contributed by atoms with van der Waals surface area (Å²) < 4.78 is 51.3. The Bertz CT molecular complexity index is 796. The number of hydrogen-bond acceptors (Lipinski definition) is 2. The van der Waals surface area contributed by atoms with Crippen LogP contribution in [0.3, 0.4) is 0 Å². The van der Waals surface area contributed by atoms with E-state index in [1.54, 1.807) is 0 Å². The van der Waals surface area contributed by atoms with E-state index in [9.17, 15) is 22.4 Å². The first-order valence-electron chi connectivity index (χ1n) is 7.31. The number of nitrogens with one attached hydrogen (secondary N) is 1. The first-order chi connectivity index (χ1) is 10.8. The molecule has 1 aliphatic carbocycles. The Morgan fingerprint density at radius 3 is 2.70 bits per heavy atom. The van der Waals surface area contributed by atoms with Gasteiger partial charge < -0.3 is 4.98 Å². The maximum Gasteiger partial charge on any atom is 0.419 e. The van der Waals surface area contributed by atoms with Crippen molar-refractivity contribution in [2.75, 3.05) is 0 Å². The third-order valence-electron chi connectivity index (χ3n) is 3.98. The molecule has 1 aromatic heterocycles. The number of aromatic nitrogens is 2. The van der Waals surface area contributed by atoms with Gasteiger partial charge in [-0.2, -0.15) is 13.2 Å². The van der Waals surface area contributed by atoms with Crippen LogP contribution in [-0.2, 0) is 31.9 Å². The van der Waals surface area contributed by atoms with Crippen molar-refractivity contribution in [3.63, 3.8) is 0 Å². The predicted octanol–water partition coefficient (Wildman–Crippen LogP) is 3.20. The van der Waals surface area contributed by atoms with Crippen LogP contribution in [0.25, 0.3) is 0 Å². The van der Waals surface area contributed by atoms with Gasteiger partial charge in [-0.1, -0.05) is 6.07 Å². The van der Waals surface area contributed by atoms with Crippen molar-refractivity contribution in [3.8, 4) is 0 Å². The zero-order valence-corrected chi connectivity index (χ0v) is 12.1. The lowest BCUT2D eigenvalue weighted by atomic mass is 10.1. The maximum absolute atomic E-state index is 13.3. The Morgan fingerprint density at radius 1 is 1.17 bits per heavy atom. The molecule has 0 saturated carbocycles. The van der Waals surface area contributed by atoms with Gasteiger partial charge in [0.05, 0.1) is 11.3 Å². The third kappa shape index (κ3) is 3.28. The van der Waals surface area contributed by atoms with Crippen LogP contribution in [-0.4, -0.2) is 9.97 Å². The summed E-state index contributed by atoms with van der Waals surface area (Å²) in [6.45, 7) is 0. The highest BCUT2D eigenvalue weighted by atomic mass is 19.4. The highest BCUT2D eigenvalue weighted by Crippen LogP contribution is 2.32. The van der Waals surface area contributed by atoms with E-state index in [1.807, 2.05) is 0 Å². The van der Waals surface area contributed by atoms with Crippen LogP contribution in [0, 0.1) is 5.82 Å². The lowest BCUT2D eigenvalue weighted by Crippen LogP contribution is -2.17. The average Bonchev–Trinajstić information content (AvgIpc) is 2.94. The maximum atomic E-state index is 13.3. The van der Waals surface area contributed by atoms with Crippen molar-refractivity contribution in [2.45, 2.75) is 38.3 Å². The fourth-order valence-corrected chi connectivity index (χ4v) is 2.82. The van der Waals surface area contributed by atoms with Crippen molar-refractivity contribution in [2.24, 2.45) is 0 Å². The van der Waals surface area contributed by atoms with Gasteiger partial charge in [0.15, 0.2) is 0 Å². The number of hydrogen-bond donors (Lipinski definition) is 1. The largest absolute Gasteiger partial charge is 0.419 e. The molecule has 1 aliphatic rings. The number of H-pyrrole nitrogens is 1. The van der Waals surface area contributed by atoms with Crippen LogP contribution >= 0.6 is 0 Å². The standard InChI is InChI=1S/C16H14F4N2O/c17-12-6-4-9(8-11(12)16(18,19)20)5-7-14-21-13-3-1-2-10(13)15(23)22-14/h4,6,8H,1-3,5,7H2,(H,21,22,23). The Balaban J connectivity index is 1.79. The molecule has 0 spiro atoms. The van der Waals surface area contributed by atoms with Gasteiger partial charge in [-0.3, -0.25) is 4.79 Å². The van der Waals surface area contributed by atoms with Crippen LogP contribution in [0.5, 0.6) is 0 Å². The molecule has 3 nitrogen and oxygen atoms in total. The lowest BCUT2D eigenvalue weighted by molar-refractivity contribution is -0.140. The summed E-state index contributed by atoms with van der Waals surface area (Å²) in [5, 5.41) is 0. The molecule has 7 heteroatoms. The number of aromatic amines is 1. The molecule has 0 fully saturated rings. The molecule has 0 radical (unpaired) electrons. The van der Waals surface area contributed by atoms with Gasteiger partial charge in [0, 0.05) is 12.0 Å². The summed E-state index contributed by atoms with van der Waals surface area (Å²) in [6.07, 6.45) is -1.83. The van der Waals surface area contributed by atoms with Crippen molar-refractivity contribution >= 4 is 0 Å². The molecule has 23 heavy (non-hydrogen) atoms. The highest BCUT2D eigenvalue weighted by molar-refractivity contribution is 5.28. The highest BCUT2D eigenvalue weighted by Gasteiger charge is 2.34. The van der Waals surface area contributed by atoms with Crippen LogP contribution in [0.4, 0.5) is 17.6 Å². The summed E-state index contributed by atoms with van der Waals surface area (Å²) in [5.41, 5.74) is 0.388. The predicted molar refractivity (Wildman–Crippen MR) is 75.7 cm³/mol. The van der Waals surface area contributed by atoms with Crippen LogP contribution in [0.2, 0.25) is 0 Å². The van der Waals surface area contributed by atoms with Gasteiger partial charge in [-0.25, -0.2) is 9.37 Å². The molecule has 1 heterocycles. The summed E-state index contributed by atoms with van der Waals surface area (Å²) in [4.78, 5) is 18.9. The number of nitrogens with zero attached hydrogens (tertiary/aromatic N) is 1. The van der Waals surface area contributed by atoms with E-state index in [1.165, 1.54) is 6.07 Å². The molecule has 0 unspecified atom stereocenters. The summed E-state index contributed by atoms with van der Waals surface area (Å²) in [6, 6.07) is 2.94. The van der Waals surface area contributed by atoms with Crippen LogP contribution < -0.4 is 5.56 Å². The average molecular weight is 326 g/mol. The fourth-order valence-electron chi connectivity index (χ4n) is 2.82. The first-order valence-corrected chi connectivity index (χ1v) is 7.31. The number of rotatable bonds is 3. The molecule has 0 saturated heterocycles. The molecule has 0 bridgehead atoms. The van der Waals surface area contributed by atoms with E-state index in [0.717, 1.165) is 30.7 Å². The number of benzene rings is 1. The molecule has 3 rings (SSSR count). The second kappa shape index (κ2) is 5.79. The van der Waals surface area contributed by atoms with Crippen molar-refractivity contribution < 1.29 is 17.6 Å². The van der Waals surface area contributed by atoms with Gasteiger partial charge >= 0.3 is 6.18 Å². The van der Waals surface area contributed by atoms with Gasteiger partial charge in [-0.15, -0.1) is 0 Å². The third-order valence-corrected chi connectivity index (χ3v) is 3.98. The van der Waals surface area contributed by atoms with E-state index >= 15 is 0 Å². The molecular weight excluding hydrogens is 312 g/mol. The smallest absolute Gasteiger partial charge is 0.310 e. The van der Waals surface area contributed by atoms with E-state index in [-0.39, 0.29) is 12.0 Å². The van der Waals surface area contributed by atoms with Crippen LogP contribution in [0.1, 0.15) is 34.6 Å². The second-order valence-corrected chi connectivity index (χ2v) is 5.60. The number of fused-ring (bicyclic) bond motifs is 1. The molecule has 1 N–H and O–H groups in total. The molecule has 2 aromatic rings. The number of aryl methyl sites for hydroxylation is 3. The molecular formula is C16H14F4N2O. The summed E-state index contributed by atoms with van der Waals surface area (Å²) in [5.74, 6) is -0.834. The fraction of sp³-hybridized carbons (Fsp3) is 0.375. The monoisotopic (exact) mass is 326 g/mol. The van der Waals surface area contributed by atoms with Gasteiger partial charge in [-0.05, 0) is 43.4 Å². The lowest BCUT2D eigenvalue weighted by Gasteiger charge is -2.10. The molecule has 122 valence electrons. The van der Waals surface area contributed by atoms with Gasteiger partial charge in [0.2, 0.25) is 0 Å². The minimum Gasteiger partial charge on any atom is -0.310 e. The van der Waals surface area contributed by atoms with Gasteiger partial charge in [0.25, 0.3) is 5.56 Å². The van der Waals surface area contributed by atoms with E-state index in [0.29, 0.717) is 29.8 Å². The Hall–Kier alpha value is -2.18. The van der Waals surface area contributed by atoms with E-state index in [2.05, 4.69) is 9.97 Å². The Morgan fingerprint density at radius 2 is 1.96 bits per heavy atom. The SMILES string of the molecule is O=c1[nH]c(CCc2ccc(F)c(C(F)(F)F)c2)nc2c1CCC2. The van der Waals surface area contributed by atoms with Crippen molar-refractivity contribution in [3.05, 3.63) is 62.6 Å². The molecule has 0 aliphatic heterocycles. The quantitative estimate of drug-likeness (QED) is 0.881. The minimum atomic E-state index is -4.72. The summed E-state index contributed by atoms with van der Waals surface area (Å²) >= 11 is 0. The normalized spacial score (nSPS) is 14.1. The zero-order chi connectivity index (χ0) is 16.6. The first kappa shape index (κ1) is 15.7. The van der Waals surface area contributed by atoms with Crippen LogP contribution in [0.15, 0.2) is 23.0 Å². The Kier molecular flexibility index (Phi) is 3.95. The van der Waals surface area contributed by atoms with Gasteiger partial charge in [0.1, 0.15) is 11.6 Å². The molecule has 0 atom stereocenters. The van der Waals surface area contributed by atoms with Crippen molar-refractivity contribution in [1.29, 1.82) is 0 Å². The molecule has 1 aromatic carbocycles. The van der Waals surface area contributed by atoms with E-state index < -0.39 is 17.6 Å². The summed E-state index contributed by atoms with van der Waals surface area (Å²) in [7, 11) is 0. The number of alkyl halides is 3. The van der Waals surface area contributed by atoms with Crippen molar-refractivity contribution in [1.82, 2.24) is 9.97 Å². The second-order valence-electron chi connectivity index (χ2n) is 5.60. The zero-order valence-electron chi connectivity index (χ0n) is 12.1. The topological polar surface area (TPSA) is 45.8 Å².